The van der Waals surface area contributed by atoms with Gasteiger partial charge in [-0.25, -0.2) is 0 Å². The number of likely N-dealkylation sites (tertiary alicyclic amines) is 1. The fourth-order valence-corrected chi connectivity index (χ4v) is 4.23. The second-order valence-corrected chi connectivity index (χ2v) is 8.04. The number of amides is 1. The highest BCUT2D eigenvalue weighted by molar-refractivity contribution is 5.81. The fraction of sp³-hybridized carbons (Fsp3) is 0.545. The molecular formula is C22H28N2O2. The Morgan fingerprint density at radius 1 is 1.15 bits per heavy atom. The van der Waals surface area contributed by atoms with Gasteiger partial charge < -0.3 is 9.88 Å². The normalized spacial score (nSPS) is 18.4. The number of para-hydroxylation sites is 1. The zero-order valence-corrected chi connectivity index (χ0v) is 15.6. The molecule has 1 aliphatic carbocycles. The Balaban J connectivity index is 1.31. The minimum Gasteiger partial charge on any atom is -0.358 e. The van der Waals surface area contributed by atoms with Crippen molar-refractivity contribution in [2.75, 3.05) is 13.1 Å². The molecule has 1 saturated heterocycles. The van der Waals surface area contributed by atoms with Crippen LogP contribution < -0.4 is 5.43 Å². The molecule has 1 N–H and O–H groups in total. The van der Waals surface area contributed by atoms with Crippen LogP contribution in [0.15, 0.2) is 29.1 Å². The third kappa shape index (κ3) is 3.55. The van der Waals surface area contributed by atoms with Gasteiger partial charge in [0, 0.05) is 41.2 Å². The monoisotopic (exact) mass is 352 g/mol. The molecule has 0 radical (unpaired) electrons. The number of nitrogens with zero attached hydrogens (tertiary/aromatic N) is 1. The number of fused-ring (bicyclic) bond motifs is 1. The summed E-state index contributed by atoms with van der Waals surface area (Å²) in [7, 11) is 0. The Hall–Kier alpha value is -2.10. The van der Waals surface area contributed by atoms with E-state index in [0.29, 0.717) is 17.7 Å². The van der Waals surface area contributed by atoms with Crippen molar-refractivity contribution in [3.63, 3.8) is 0 Å². The maximum absolute atomic E-state index is 12.5. The summed E-state index contributed by atoms with van der Waals surface area (Å²) in [4.78, 5) is 30.2. The molecule has 4 heteroatoms. The van der Waals surface area contributed by atoms with Crippen molar-refractivity contribution in [3.05, 3.63) is 45.7 Å². The molecular weight excluding hydrogens is 324 g/mol. The lowest BCUT2D eigenvalue weighted by atomic mass is 9.90. The number of benzene rings is 1. The van der Waals surface area contributed by atoms with Crippen molar-refractivity contribution in [1.82, 2.24) is 9.88 Å². The molecule has 2 aliphatic rings. The lowest BCUT2D eigenvalue weighted by Crippen LogP contribution is -2.39. The Morgan fingerprint density at radius 3 is 2.62 bits per heavy atom. The van der Waals surface area contributed by atoms with E-state index in [1.165, 1.54) is 6.42 Å². The minimum atomic E-state index is 0.154. The molecule has 26 heavy (non-hydrogen) atoms. The molecule has 1 amide bonds. The van der Waals surface area contributed by atoms with Crippen molar-refractivity contribution in [2.45, 2.75) is 51.9 Å². The highest BCUT2D eigenvalue weighted by Crippen LogP contribution is 2.33. The van der Waals surface area contributed by atoms with Gasteiger partial charge in [-0.15, -0.1) is 0 Å². The zero-order valence-electron chi connectivity index (χ0n) is 15.6. The zero-order chi connectivity index (χ0) is 18.1. The Kier molecular flexibility index (Phi) is 4.84. The molecule has 4 rings (SSSR count). The van der Waals surface area contributed by atoms with Gasteiger partial charge in [0.05, 0.1) is 0 Å². The maximum atomic E-state index is 12.5. The van der Waals surface area contributed by atoms with Gasteiger partial charge in [0.2, 0.25) is 5.91 Å². The van der Waals surface area contributed by atoms with Crippen LogP contribution in [-0.4, -0.2) is 28.9 Å². The van der Waals surface area contributed by atoms with E-state index >= 15 is 0 Å². The average Bonchev–Trinajstić information content (AvgIpc) is 3.51. The first kappa shape index (κ1) is 17.3. The molecule has 2 aromatic rings. The third-order valence-electron chi connectivity index (χ3n) is 6.14. The number of hydrogen-bond acceptors (Lipinski definition) is 2. The quantitative estimate of drug-likeness (QED) is 0.890. The molecule has 1 saturated carbocycles. The van der Waals surface area contributed by atoms with Crippen LogP contribution in [0, 0.1) is 18.8 Å². The van der Waals surface area contributed by atoms with E-state index in [0.717, 1.165) is 73.8 Å². The summed E-state index contributed by atoms with van der Waals surface area (Å²) in [5, 5.41) is 0.779. The summed E-state index contributed by atoms with van der Waals surface area (Å²) in [5.41, 5.74) is 3.02. The molecule has 0 unspecified atom stereocenters. The first-order valence-electron chi connectivity index (χ1n) is 10.0. The van der Waals surface area contributed by atoms with Crippen LogP contribution in [-0.2, 0) is 11.2 Å². The van der Waals surface area contributed by atoms with Crippen molar-refractivity contribution in [1.29, 1.82) is 0 Å². The summed E-state index contributed by atoms with van der Waals surface area (Å²) in [6, 6.07) is 7.75. The van der Waals surface area contributed by atoms with Crippen LogP contribution in [0.5, 0.6) is 0 Å². The van der Waals surface area contributed by atoms with Crippen molar-refractivity contribution in [3.8, 4) is 0 Å². The standard InChI is InChI=1S/C22H28N2O2/c1-15-19(23-20-7-3-2-6-18(20)21(15)25)8-4-5-16-11-13-24(14-12-16)22(26)17-9-10-17/h2-3,6-7,16-17H,4-5,8-14H2,1H3,(H,23,25). The van der Waals surface area contributed by atoms with Crippen LogP contribution in [0.3, 0.4) is 0 Å². The van der Waals surface area contributed by atoms with Crippen molar-refractivity contribution < 1.29 is 4.79 Å². The highest BCUT2D eigenvalue weighted by Gasteiger charge is 2.34. The summed E-state index contributed by atoms with van der Waals surface area (Å²) in [6.07, 6.45) is 7.66. The third-order valence-corrected chi connectivity index (χ3v) is 6.14. The average molecular weight is 352 g/mol. The fourth-order valence-electron chi connectivity index (χ4n) is 4.23. The van der Waals surface area contributed by atoms with Gasteiger partial charge in [0.1, 0.15) is 0 Å². The van der Waals surface area contributed by atoms with E-state index in [1.54, 1.807) is 0 Å². The molecule has 1 aromatic heterocycles. The summed E-state index contributed by atoms with van der Waals surface area (Å²) in [6.45, 7) is 3.81. The molecule has 0 atom stereocenters. The predicted octanol–water partition coefficient (Wildman–Crippen LogP) is 3.81. The molecule has 4 nitrogen and oxygen atoms in total. The molecule has 1 aromatic carbocycles. The second kappa shape index (κ2) is 7.26. The number of hydrogen-bond donors (Lipinski definition) is 1. The van der Waals surface area contributed by atoms with Crippen molar-refractivity contribution in [2.24, 2.45) is 11.8 Å². The first-order chi connectivity index (χ1) is 12.6. The van der Waals surface area contributed by atoms with Gasteiger partial charge in [-0.05, 0) is 69.9 Å². The molecule has 138 valence electrons. The SMILES string of the molecule is Cc1c(CCCC2CCN(C(=O)C3CC3)CC2)[nH]c2ccccc2c1=O. The number of carbonyl (C=O) groups is 1. The van der Waals surface area contributed by atoms with Gasteiger partial charge in [-0.1, -0.05) is 12.1 Å². The van der Waals surface area contributed by atoms with E-state index < -0.39 is 0 Å². The van der Waals surface area contributed by atoms with E-state index in [-0.39, 0.29) is 5.43 Å². The van der Waals surface area contributed by atoms with Gasteiger partial charge in [0.15, 0.2) is 5.43 Å². The lowest BCUT2D eigenvalue weighted by Gasteiger charge is -2.32. The molecule has 1 aliphatic heterocycles. The number of aromatic amines is 1. The number of aromatic nitrogens is 1. The number of nitrogens with one attached hydrogen (secondary N) is 1. The minimum absolute atomic E-state index is 0.154. The van der Waals surface area contributed by atoms with E-state index in [9.17, 15) is 9.59 Å². The molecule has 0 spiro atoms. The van der Waals surface area contributed by atoms with Crippen LogP contribution in [0.25, 0.3) is 10.9 Å². The molecule has 2 heterocycles. The number of carbonyl (C=O) groups excluding carboxylic acids is 1. The number of H-pyrrole nitrogens is 1. The summed E-state index contributed by atoms with van der Waals surface area (Å²) >= 11 is 0. The smallest absolute Gasteiger partial charge is 0.225 e. The summed E-state index contributed by atoms with van der Waals surface area (Å²) in [5.74, 6) is 1.46. The van der Waals surface area contributed by atoms with Gasteiger partial charge >= 0.3 is 0 Å². The second-order valence-electron chi connectivity index (χ2n) is 8.04. The molecule has 0 bridgehead atoms. The maximum Gasteiger partial charge on any atom is 0.225 e. The lowest BCUT2D eigenvalue weighted by molar-refractivity contribution is -0.133. The predicted molar refractivity (Wildman–Crippen MR) is 104 cm³/mol. The number of rotatable bonds is 5. The largest absolute Gasteiger partial charge is 0.358 e. The van der Waals surface area contributed by atoms with Gasteiger partial charge in [-0.2, -0.15) is 0 Å². The van der Waals surface area contributed by atoms with Crippen molar-refractivity contribution >= 4 is 16.8 Å². The Morgan fingerprint density at radius 2 is 1.88 bits per heavy atom. The topological polar surface area (TPSA) is 53.2 Å². The van der Waals surface area contributed by atoms with Gasteiger partial charge in [0.25, 0.3) is 0 Å². The van der Waals surface area contributed by atoms with E-state index in [1.807, 2.05) is 31.2 Å². The van der Waals surface area contributed by atoms with E-state index in [2.05, 4.69) is 9.88 Å². The first-order valence-corrected chi connectivity index (χ1v) is 10.0. The van der Waals surface area contributed by atoms with Crippen LogP contribution in [0.4, 0.5) is 0 Å². The van der Waals surface area contributed by atoms with Gasteiger partial charge in [-0.3, -0.25) is 9.59 Å². The summed E-state index contributed by atoms with van der Waals surface area (Å²) < 4.78 is 0. The van der Waals surface area contributed by atoms with Crippen LogP contribution in [0.2, 0.25) is 0 Å². The number of pyridine rings is 1. The Labute approximate surface area is 154 Å². The van der Waals surface area contributed by atoms with E-state index in [4.69, 9.17) is 0 Å². The van der Waals surface area contributed by atoms with Crippen LogP contribution >= 0.6 is 0 Å². The Bertz CT molecular complexity index is 858. The van der Waals surface area contributed by atoms with Crippen LogP contribution in [0.1, 0.15) is 49.8 Å². The number of piperidine rings is 1. The highest BCUT2D eigenvalue weighted by atomic mass is 16.2. The molecule has 2 fully saturated rings. The number of aryl methyl sites for hydroxylation is 1.